The molecule has 248 valence electrons. The van der Waals surface area contributed by atoms with E-state index in [0.717, 1.165) is 36.5 Å². The third-order valence-electron chi connectivity index (χ3n) is 5.34. The van der Waals surface area contributed by atoms with Crippen molar-refractivity contribution in [2.24, 2.45) is 5.92 Å². The number of rotatable bonds is 6. The fourth-order valence-corrected chi connectivity index (χ4v) is 6.17. The molecular formula is C27H43ClO11S4. The lowest BCUT2D eigenvalue weighted by Gasteiger charge is -2.17. The molecule has 3 fully saturated rings. The van der Waals surface area contributed by atoms with Crippen molar-refractivity contribution in [1.29, 1.82) is 0 Å². The van der Waals surface area contributed by atoms with Crippen LogP contribution in [-0.4, -0.2) is 115 Å². The van der Waals surface area contributed by atoms with Crippen LogP contribution in [0.25, 0.3) is 0 Å². The van der Waals surface area contributed by atoms with Gasteiger partial charge in [0.2, 0.25) is 0 Å². The number of hydrogen-bond acceptors (Lipinski definition) is 15. The van der Waals surface area contributed by atoms with Gasteiger partial charge in [-0.05, 0) is 42.9 Å². The molecular weight excluding hydrogens is 664 g/mol. The number of carbonyl (C=O) groups is 7. The molecule has 0 amide bonds. The van der Waals surface area contributed by atoms with Crippen molar-refractivity contribution in [1.82, 2.24) is 0 Å². The molecule has 43 heavy (non-hydrogen) atoms. The van der Waals surface area contributed by atoms with E-state index in [0.29, 0.717) is 43.1 Å². The maximum absolute atomic E-state index is 11.1. The highest BCUT2D eigenvalue weighted by Crippen LogP contribution is 2.23. The predicted octanol–water partition coefficient (Wildman–Crippen LogP) is 3.46. The van der Waals surface area contributed by atoms with E-state index in [1.54, 1.807) is 23.5 Å². The largest absolute Gasteiger partial charge is 0.469 e. The summed E-state index contributed by atoms with van der Waals surface area (Å²) < 4.78 is 17.5. The first-order chi connectivity index (χ1) is 20.5. The molecule has 0 radical (unpaired) electrons. The average Bonchev–Trinajstić information content (AvgIpc) is 3.04. The number of alkyl halides is 1. The molecule has 0 bridgehead atoms. The number of carbonyl (C=O) groups excluding carboxylic acids is 7. The van der Waals surface area contributed by atoms with Crippen molar-refractivity contribution in [2.45, 2.75) is 50.2 Å². The van der Waals surface area contributed by atoms with Crippen LogP contribution in [0.1, 0.15) is 44.9 Å². The standard InChI is InChI=1S/2C7H10O3S.C5H9ClO2.C5H8OS.C3H6O2S/c1-10-7(9)5-2-3-11-4-6(5)8;1-10-7(9)6-5(8)3-2-4-11-6;1-8-5(7)3-2-4-6;6-5-2-1-3-7-4-5;1-5-3(4)2-6/h5H,2-4H2,1H3;6H,2-4H2,1H3;2-4H2,1H3;1-4H2;6H,2H2,1H3. The molecule has 3 aliphatic rings. The molecule has 2 unspecified atom stereocenters. The van der Waals surface area contributed by atoms with Gasteiger partial charge in [-0.3, -0.25) is 33.6 Å². The summed E-state index contributed by atoms with van der Waals surface area (Å²) in [5.41, 5.74) is 0. The number of Topliss-reactive ketones (excluding diaryl/α,β-unsaturated/α-hetero) is 3. The van der Waals surface area contributed by atoms with Crippen LogP contribution >= 0.6 is 59.5 Å². The quantitative estimate of drug-likeness (QED) is 0.141. The van der Waals surface area contributed by atoms with Gasteiger partial charge in [0.25, 0.3) is 0 Å². The predicted molar refractivity (Wildman–Crippen MR) is 174 cm³/mol. The van der Waals surface area contributed by atoms with E-state index in [-0.39, 0.29) is 35.2 Å². The maximum atomic E-state index is 11.1. The smallest absolute Gasteiger partial charge is 0.326 e. The molecule has 11 nitrogen and oxygen atoms in total. The van der Waals surface area contributed by atoms with Gasteiger partial charge in [0.1, 0.15) is 11.7 Å². The number of hydrogen-bond donors (Lipinski definition) is 1. The molecule has 0 aromatic heterocycles. The van der Waals surface area contributed by atoms with Crippen LogP contribution in [0, 0.1) is 5.92 Å². The average molecular weight is 707 g/mol. The number of halogens is 1. The minimum absolute atomic E-state index is 0.00750. The van der Waals surface area contributed by atoms with E-state index in [1.165, 1.54) is 46.0 Å². The minimum Gasteiger partial charge on any atom is -0.469 e. The number of ketones is 3. The summed E-state index contributed by atoms with van der Waals surface area (Å²) in [6.45, 7) is 0. The molecule has 0 aromatic carbocycles. The molecule has 3 saturated heterocycles. The third kappa shape index (κ3) is 23.6. The van der Waals surface area contributed by atoms with Crippen molar-refractivity contribution < 1.29 is 52.5 Å². The van der Waals surface area contributed by atoms with Crippen LogP contribution < -0.4 is 0 Å². The Hall–Kier alpha value is -1.42. The molecule has 0 spiro atoms. The maximum Gasteiger partial charge on any atom is 0.326 e. The molecule has 3 rings (SSSR count). The van der Waals surface area contributed by atoms with Gasteiger partial charge in [-0.25, -0.2) is 0 Å². The second-order valence-corrected chi connectivity index (χ2v) is 12.6. The Morgan fingerprint density at radius 3 is 1.79 bits per heavy atom. The zero-order chi connectivity index (χ0) is 33.0. The van der Waals surface area contributed by atoms with Crippen molar-refractivity contribution in [3.63, 3.8) is 0 Å². The summed E-state index contributed by atoms with van der Waals surface area (Å²) in [5, 5.41) is -0.547. The number of esters is 4. The number of thioether (sulfide) groups is 3. The van der Waals surface area contributed by atoms with Crippen LogP contribution in [-0.2, 0) is 52.5 Å². The first-order valence-electron chi connectivity index (χ1n) is 13.3. The highest BCUT2D eigenvalue weighted by atomic mass is 35.5. The van der Waals surface area contributed by atoms with Crippen LogP contribution in [0.5, 0.6) is 0 Å². The lowest BCUT2D eigenvalue weighted by molar-refractivity contribution is -0.149. The van der Waals surface area contributed by atoms with Crippen molar-refractivity contribution in [3.05, 3.63) is 0 Å². The highest BCUT2D eigenvalue weighted by Gasteiger charge is 2.30. The number of ether oxygens (including phenoxy) is 4. The van der Waals surface area contributed by atoms with Gasteiger partial charge in [-0.2, -0.15) is 36.2 Å². The Morgan fingerprint density at radius 1 is 0.791 bits per heavy atom. The summed E-state index contributed by atoms with van der Waals surface area (Å²) in [7, 11) is 5.33. The minimum atomic E-state index is -0.547. The molecule has 0 saturated carbocycles. The summed E-state index contributed by atoms with van der Waals surface area (Å²) in [4.78, 5) is 74.6. The topological polar surface area (TPSA) is 156 Å². The van der Waals surface area contributed by atoms with Gasteiger partial charge >= 0.3 is 23.9 Å². The van der Waals surface area contributed by atoms with Crippen LogP contribution in [0.3, 0.4) is 0 Å². The van der Waals surface area contributed by atoms with Crippen LogP contribution in [0.2, 0.25) is 0 Å². The van der Waals surface area contributed by atoms with Crippen molar-refractivity contribution in [2.75, 3.05) is 68.8 Å². The van der Waals surface area contributed by atoms with E-state index in [2.05, 4.69) is 31.6 Å². The van der Waals surface area contributed by atoms with Crippen LogP contribution in [0.15, 0.2) is 0 Å². The van der Waals surface area contributed by atoms with E-state index < -0.39 is 17.1 Å². The Kier molecular flexibility index (Phi) is 29.8. The van der Waals surface area contributed by atoms with Crippen LogP contribution in [0.4, 0.5) is 0 Å². The molecule has 0 N–H and O–H groups in total. The fourth-order valence-electron chi connectivity index (χ4n) is 3.01. The molecule has 16 heteroatoms. The van der Waals surface area contributed by atoms with Gasteiger partial charge in [0, 0.05) is 25.1 Å². The number of thiol groups is 1. The molecule has 0 aromatic rings. The van der Waals surface area contributed by atoms with E-state index in [1.807, 2.05) is 0 Å². The number of methoxy groups -OCH3 is 4. The molecule has 3 heterocycles. The Balaban J connectivity index is 0. The third-order valence-corrected chi connectivity index (χ3v) is 9.29. The molecule has 2 atom stereocenters. The Bertz CT molecular complexity index is 804. The zero-order valence-electron chi connectivity index (χ0n) is 25.1. The first-order valence-corrected chi connectivity index (χ1v) is 17.9. The van der Waals surface area contributed by atoms with E-state index in [9.17, 15) is 33.6 Å². The van der Waals surface area contributed by atoms with Gasteiger partial charge in [0.15, 0.2) is 16.8 Å². The van der Waals surface area contributed by atoms with Gasteiger partial charge < -0.3 is 18.9 Å². The van der Waals surface area contributed by atoms with Gasteiger partial charge in [0.05, 0.1) is 45.7 Å². The first kappa shape index (κ1) is 43.7. The highest BCUT2D eigenvalue weighted by molar-refractivity contribution is 8.01. The molecule has 3 aliphatic heterocycles. The monoisotopic (exact) mass is 706 g/mol. The summed E-state index contributed by atoms with van der Waals surface area (Å²) >= 11 is 13.6. The Morgan fingerprint density at radius 2 is 1.40 bits per heavy atom. The summed E-state index contributed by atoms with van der Waals surface area (Å²) in [6, 6.07) is 0. The van der Waals surface area contributed by atoms with E-state index in [4.69, 9.17) is 11.6 Å². The summed E-state index contributed by atoms with van der Waals surface area (Å²) in [5.74, 6) is 3.55. The van der Waals surface area contributed by atoms with Gasteiger partial charge in [-0.15, -0.1) is 23.4 Å². The van der Waals surface area contributed by atoms with Crippen molar-refractivity contribution >= 4 is 101 Å². The fraction of sp³-hybridized carbons (Fsp3) is 0.741. The normalized spacial score (nSPS) is 19.1. The lowest BCUT2D eigenvalue weighted by atomic mass is 10.0. The zero-order valence-corrected chi connectivity index (χ0v) is 29.2. The summed E-state index contributed by atoms with van der Waals surface area (Å²) in [6.07, 6.45) is 5.10. The van der Waals surface area contributed by atoms with Crippen molar-refractivity contribution in [3.8, 4) is 0 Å². The van der Waals surface area contributed by atoms with E-state index >= 15 is 0 Å². The van der Waals surface area contributed by atoms with Gasteiger partial charge in [-0.1, -0.05) is 0 Å². The second kappa shape index (κ2) is 29.3. The Labute approximate surface area is 277 Å². The lowest BCUT2D eigenvalue weighted by Crippen LogP contribution is -2.31. The molecule has 0 aliphatic carbocycles. The SMILES string of the molecule is COC(=O)C1CCSCC1=O.COC(=O)C1SCCCC1=O.COC(=O)CCCCl.COC(=O)CS.O=C1CCCSC1. The second-order valence-electron chi connectivity index (χ2n) is 8.52.